The summed E-state index contributed by atoms with van der Waals surface area (Å²) in [6.45, 7) is 3.75. The van der Waals surface area contributed by atoms with E-state index in [4.69, 9.17) is 4.74 Å². The second-order valence-electron chi connectivity index (χ2n) is 8.84. The average Bonchev–Trinajstić information content (AvgIpc) is 3.25. The molecule has 0 unspecified atom stereocenters. The van der Waals surface area contributed by atoms with E-state index in [9.17, 15) is 9.18 Å². The molecule has 1 aliphatic heterocycles. The number of imidazole rings is 1. The summed E-state index contributed by atoms with van der Waals surface area (Å²) in [6.07, 6.45) is 6.05. The zero-order valence-corrected chi connectivity index (χ0v) is 19.7. The first-order valence-electron chi connectivity index (χ1n) is 11.8. The Morgan fingerprint density at radius 3 is 2.83 bits per heavy atom. The Kier molecular flexibility index (Phi) is 6.83. The average molecular weight is 474 g/mol. The fourth-order valence-corrected chi connectivity index (χ4v) is 4.44. The van der Waals surface area contributed by atoms with Gasteiger partial charge in [0, 0.05) is 45.5 Å². The first kappa shape index (κ1) is 23.1. The number of rotatable bonds is 7. The van der Waals surface area contributed by atoms with Crippen molar-refractivity contribution in [3.8, 4) is 11.1 Å². The smallest absolute Gasteiger partial charge is 0.224 e. The van der Waals surface area contributed by atoms with Gasteiger partial charge in [-0.2, -0.15) is 0 Å². The zero-order valence-electron chi connectivity index (χ0n) is 19.7. The van der Waals surface area contributed by atoms with Crippen molar-refractivity contribution in [2.24, 2.45) is 7.05 Å². The number of ether oxygens (including phenoxy) is 1. The number of carbonyl (C=O) groups is 1. The predicted molar refractivity (Wildman–Crippen MR) is 133 cm³/mol. The molecule has 3 heterocycles. The lowest BCUT2D eigenvalue weighted by Crippen LogP contribution is -2.35. The normalized spacial score (nSPS) is 14.3. The van der Waals surface area contributed by atoms with Crippen LogP contribution in [0.4, 0.5) is 10.1 Å². The number of aryl methyl sites for hydroxylation is 2. The molecule has 7 nitrogen and oxygen atoms in total. The molecule has 1 amide bonds. The van der Waals surface area contributed by atoms with Crippen molar-refractivity contribution in [2.45, 2.75) is 19.4 Å². The Hall–Kier alpha value is -3.62. The first-order valence-corrected chi connectivity index (χ1v) is 11.8. The number of fused-ring (bicyclic) bond motifs is 1. The molecule has 0 saturated carbocycles. The minimum atomic E-state index is -0.421. The van der Waals surface area contributed by atoms with E-state index in [0.717, 1.165) is 46.4 Å². The molecule has 1 aliphatic rings. The summed E-state index contributed by atoms with van der Waals surface area (Å²) in [7, 11) is 1.96. The number of hydrogen-bond acceptors (Lipinski definition) is 5. The van der Waals surface area contributed by atoms with Gasteiger partial charge in [-0.3, -0.25) is 14.7 Å². The third kappa shape index (κ3) is 5.39. The number of anilines is 1. The molecular weight excluding hydrogens is 445 g/mol. The largest absolute Gasteiger partial charge is 0.379 e. The van der Waals surface area contributed by atoms with E-state index in [1.807, 2.05) is 35.9 Å². The number of morpholine rings is 1. The molecule has 2 aromatic heterocycles. The molecule has 0 aliphatic carbocycles. The topological polar surface area (TPSA) is 72.3 Å². The summed E-state index contributed by atoms with van der Waals surface area (Å²) < 4.78 is 22.0. The number of aromatic nitrogens is 3. The highest BCUT2D eigenvalue weighted by Gasteiger charge is 2.14. The number of pyridine rings is 1. The first-order chi connectivity index (χ1) is 17.1. The van der Waals surface area contributed by atoms with Crippen LogP contribution >= 0.6 is 0 Å². The Morgan fingerprint density at radius 2 is 2.00 bits per heavy atom. The molecule has 0 radical (unpaired) electrons. The van der Waals surface area contributed by atoms with Crippen molar-refractivity contribution in [3.63, 3.8) is 0 Å². The van der Waals surface area contributed by atoms with E-state index >= 15 is 0 Å². The van der Waals surface area contributed by atoms with Crippen LogP contribution in [0.5, 0.6) is 0 Å². The molecule has 0 bridgehead atoms. The maximum absolute atomic E-state index is 14.7. The number of hydrogen-bond donors (Lipinski definition) is 1. The molecule has 1 N–H and O–H groups in total. The van der Waals surface area contributed by atoms with E-state index in [-0.39, 0.29) is 18.0 Å². The SMILES string of the molecule is Cn1cnc2ccc(-c3ccncc3CCC(=O)Nc3ccc(CN4CCOCC4)cc3F)cc21. The van der Waals surface area contributed by atoms with Crippen LogP contribution in [0.3, 0.4) is 0 Å². The third-order valence-corrected chi connectivity index (χ3v) is 6.38. The van der Waals surface area contributed by atoms with E-state index in [2.05, 4.69) is 26.3 Å². The fourth-order valence-electron chi connectivity index (χ4n) is 4.44. The Labute approximate surface area is 203 Å². The lowest BCUT2D eigenvalue weighted by Gasteiger charge is -2.26. The Balaban J connectivity index is 1.23. The zero-order chi connectivity index (χ0) is 24.2. The number of nitrogens with one attached hydrogen (secondary N) is 1. The molecule has 35 heavy (non-hydrogen) atoms. The minimum absolute atomic E-state index is 0.203. The van der Waals surface area contributed by atoms with Gasteiger partial charge in [0.15, 0.2) is 0 Å². The van der Waals surface area contributed by atoms with Gasteiger partial charge in [-0.05, 0) is 59.0 Å². The van der Waals surface area contributed by atoms with Crippen LogP contribution in [0.15, 0.2) is 61.2 Å². The van der Waals surface area contributed by atoms with Crippen molar-refractivity contribution in [3.05, 3.63) is 78.1 Å². The van der Waals surface area contributed by atoms with Gasteiger partial charge in [-0.25, -0.2) is 9.37 Å². The van der Waals surface area contributed by atoms with Crippen LogP contribution in [-0.2, 0) is 29.5 Å². The summed E-state index contributed by atoms with van der Waals surface area (Å²) in [5, 5.41) is 2.72. The molecule has 5 rings (SSSR count). The highest BCUT2D eigenvalue weighted by atomic mass is 19.1. The van der Waals surface area contributed by atoms with Crippen LogP contribution in [0.2, 0.25) is 0 Å². The van der Waals surface area contributed by atoms with E-state index in [1.165, 1.54) is 6.07 Å². The number of halogens is 1. The van der Waals surface area contributed by atoms with Crippen molar-refractivity contribution in [1.29, 1.82) is 0 Å². The summed E-state index contributed by atoms with van der Waals surface area (Å²) in [5.74, 6) is -0.655. The van der Waals surface area contributed by atoms with Gasteiger partial charge >= 0.3 is 0 Å². The predicted octanol–water partition coefficient (Wildman–Crippen LogP) is 4.18. The van der Waals surface area contributed by atoms with E-state index in [0.29, 0.717) is 26.2 Å². The van der Waals surface area contributed by atoms with Crippen LogP contribution in [0, 0.1) is 5.82 Å². The number of carbonyl (C=O) groups excluding carboxylic acids is 1. The molecule has 1 saturated heterocycles. The molecular formula is C27H28FN5O2. The molecule has 1 fully saturated rings. The maximum Gasteiger partial charge on any atom is 0.224 e. The quantitative estimate of drug-likeness (QED) is 0.436. The Bertz CT molecular complexity index is 1350. The number of amides is 1. The minimum Gasteiger partial charge on any atom is -0.379 e. The fraction of sp³-hybridized carbons (Fsp3) is 0.296. The van der Waals surface area contributed by atoms with Gasteiger partial charge in [0.1, 0.15) is 5.82 Å². The Morgan fingerprint density at radius 1 is 1.14 bits per heavy atom. The molecule has 0 spiro atoms. The standard InChI is InChI=1S/C27H28FN5O2/c1-32-18-30-25-6-3-20(15-26(25)32)22-8-9-29-16-21(22)4-7-27(34)31-24-5-2-19(14-23(24)28)17-33-10-12-35-13-11-33/h2-3,5-6,8-9,14-16,18H,4,7,10-13,17H2,1H3,(H,31,34). The van der Waals surface area contributed by atoms with Gasteiger partial charge in [-0.1, -0.05) is 12.1 Å². The van der Waals surface area contributed by atoms with Crippen LogP contribution < -0.4 is 5.32 Å². The molecule has 4 aromatic rings. The van der Waals surface area contributed by atoms with Crippen LogP contribution in [0.25, 0.3) is 22.2 Å². The van der Waals surface area contributed by atoms with Crippen LogP contribution in [0.1, 0.15) is 17.5 Å². The van der Waals surface area contributed by atoms with Crippen molar-refractivity contribution < 1.29 is 13.9 Å². The number of nitrogens with zero attached hydrogens (tertiary/aromatic N) is 4. The summed E-state index contributed by atoms with van der Waals surface area (Å²) in [5.41, 5.74) is 6.09. The third-order valence-electron chi connectivity index (χ3n) is 6.38. The molecule has 8 heteroatoms. The second kappa shape index (κ2) is 10.3. The van der Waals surface area contributed by atoms with Gasteiger partial charge < -0.3 is 14.6 Å². The second-order valence-corrected chi connectivity index (χ2v) is 8.84. The highest BCUT2D eigenvalue weighted by Crippen LogP contribution is 2.27. The number of benzene rings is 2. The van der Waals surface area contributed by atoms with Crippen molar-refractivity contribution in [2.75, 3.05) is 31.6 Å². The lowest BCUT2D eigenvalue weighted by molar-refractivity contribution is -0.116. The summed E-state index contributed by atoms with van der Waals surface area (Å²) >= 11 is 0. The highest BCUT2D eigenvalue weighted by molar-refractivity contribution is 5.91. The molecule has 180 valence electrons. The van der Waals surface area contributed by atoms with Crippen molar-refractivity contribution in [1.82, 2.24) is 19.4 Å². The molecule has 0 atom stereocenters. The van der Waals surface area contributed by atoms with Gasteiger partial charge in [-0.15, -0.1) is 0 Å². The van der Waals surface area contributed by atoms with E-state index in [1.54, 1.807) is 24.8 Å². The van der Waals surface area contributed by atoms with E-state index < -0.39 is 5.82 Å². The van der Waals surface area contributed by atoms with Gasteiger partial charge in [0.2, 0.25) is 5.91 Å². The lowest BCUT2D eigenvalue weighted by atomic mass is 9.98. The summed E-state index contributed by atoms with van der Waals surface area (Å²) in [6, 6.07) is 13.1. The summed E-state index contributed by atoms with van der Waals surface area (Å²) in [4.78, 5) is 23.5. The van der Waals surface area contributed by atoms with Crippen LogP contribution in [-0.4, -0.2) is 51.6 Å². The monoisotopic (exact) mass is 473 g/mol. The molecule has 2 aromatic carbocycles. The van der Waals surface area contributed by atoms with Gasteiger partial charge in [0.25, 0.3) is 0 Å². The van der Waals surface area contributed by atoms with Crippen molar-refractivity contribution >= 4 is 22.6 Å². The van der Waals surface area contributed by atoms with Gasteiger partial charge in [0.05, 0.1) is 36.3 Å². The maximum atomic E-state index is 14.7.